The van der Waals surface area contributed by atoms with Crippen LogP contribution in [0.5, 0.6) is 0 Å². The van der Waals surface area contributed by atoms with Crippen molar-refractivity contribution in [2.45, 2.75) is 19.3 Å². The van der Waals surface area contributed by atoms with Gasteiger partial charge < -0.3 is 4.74 Å². The van der Waals surface area contributed by atoms with Gasteiger partial charge in [0.15, 0.2) is 5.13 Å². The van der Waals surface area contributed by atoms with Gasteiger partial charge in [-0.05, 0) is 37.0 Å². The summed E-state index contributed by atoms with van der Waals surface area (Å²) in [7, 11) is 1.31. The van der Waals surface area contributed by atoms with E-state index < -0.39 is 5.97 Å². The quantitative estimate of drug-likeness (QED) is 0.779. The van der Waals surface area contributed by atoms with Crippen LogP contribution in [-0.2, 0) is 9.53 Å². The van der Waals surface area contributed by atoms with Crippen LogP contribution in [0.15, 0.2) is 30.5 Å². The summed E-state index contributed by atoms with van der Waals surface area (Å²) in [6.45, 7) is 2.34. The van der Waals surface area contributed by atoms with Crippen molar-refractivity contribution in [1.82, 2.24) is 4.98 Å². The monoisotopic (exact) mass is 348 g/mol. The van der Waals surface area contributed by atoms with Crippen molar-refractivity contribution in [3.8, 4) is 0 Å². The molecule has 3 rings (SSSR count). The third-order valence-electron chi connectivity index (χ3n) is 4.10. The van der Waals surface area contributed by atoms with Gasteiger partial charge in [0, 0.05) is 12.5 Å². The molecule has 0 spiro atoms. The number of hydrogen-bond acceptors (Lipinski definition) is 5. The van der Waals surface area contributed by atoms with Gasteiger partial charge in [-0.1, -0.05) is 23.5 Å². The molecule has 5 nitrogen and oxygen atoms in total. The zero-order valence-electron chi connectivity index (χ0n) is 13.4. The third-order valence-corrected chi connectivity index (χ3v) is 5.10. The topological polar surface area (TPSA) is 59.5 Å². The molecule has 2 unspecified atom stereocenters. The fourth-order valence-electron chi connectivity index (χ4n) is 2.72. The van der Waals surface area contributed by atoms with Gasteiger partial charge in [-0.3, -0.25) is 9.69 Å². The number of rotatable bonds is 5. The Morgan fingerprint density at radius 2 is 2.08 bits per heavy atom. The molecule has 1 amide bonds. The van der Waals surface area contributed by atoms with Crippen molar-refractivity contribution in [2.75, 3.05) is 18.6 Å². The highest BCUT2D eigenvalue weighted by Crippen LogP contribution is 2.49. The largest absolute Gasteiger partial charge is 0.465 e. The number of aromatic nitrogens is 1. The lowest BCUT2D eigenvalue weighted by Crippen LogP contribution is -2.32. The molecule has 0 N–H and O–H groups in total. The second kappa shape index (κ2) is 6.68. The third kappa shape index (κ3) is 3.17. The van der Waals surface area contributed by atoms with Gasteiger partial charge in [0.25, 0.3) is 0 Å². The zero-order valence-corrected chi connectivity index (χ0v) is 14.2. The average molecular weight is 348 g/mol. The van der Waals surface area contributed by atoms with Crippen LogP contribution in [0.3, 0.4) is 0 Å². The number of thiazole rings is 1. The lowest BCUT2D eigenvalue weighted by Gasteiger charge is -2.17. The van der Waals surface area contributed by atoms with Crippen molar-refractivity contribution in [3.05, 3.63) is 46.7 Å². The predicted molar refractivity (Wildman–Crippen MR) is 88.7 cm³/mol. The molecule has 1 saturated carbocycles. The Labute approximate surface area is 143 Å². The fourth-order valence-corrected chi connectivity index (χ4v) is 3.62. The molecule has 0 bridgehead atoms. The SMILES string of the molecule is CCN(C(=O)C1CC1c1ccc(F)cc1)c1ncc(C(=O)OC)s1. The highest BCUT2D eigenvalue weighted by atomic mass is 32.1. The zero-order chi connectivity index (χ0) is 17.3. The van der Waals surface area contributed by atoms with Gasteiger partial charge in [-0.2, -0.15) is 0 Å². The van der Waals surface area contributed by atoms with Crippen LogP contribution in [0.2, 0.25) is 0 Å². The summed E-state index contributed by atoms with van der Waals surface area (Å²) in [5, 5.41) is 0.493. The van der Waals surface area contributed by atoms with Crippen molar-refractivity contribution in [1.29, 1.82) is 0 Å². The summed E-state index contributed by atoms with van der Waals surface area (Å²) in [6, 6.07) is 6.27. The molecule has 1 aliphatic carbocycles. The number of ether oxygens (including phenoxy) is 1. The summed E-state index contributed by atoms with van der Waals surface area (Å²) in [5.41, 5.74) is 0.972. The van der Waals surface area contributed by atoms with E-state index in [4.69, 9.17) is 0 Å². The Hall–Kier alpha value is -2.28. The van der Waals surface area contributed by atoms with E-state index in [-0.39, 0.29) is 23.6 Å². The number of methoxy groups -OCH3 is 1. The summed E-state index contributed by atoms with van der Waals surface area (Å²) >= 11 is 1.14. The molecule has 1 aromatic carbocycles. The molecule has 1 fully saturated rings. The Bertz CT molecular complexity index is 759. The van der Waals surface area contributed by atoms with Crippen molar-refractivity contribution in [3.63, 3.8) is 0 Å². The van der Waals surface area contributed by atoms with E-state index in [2.05, 4.69) is 9.72 Å². The first-order valence-electron chi connectivity index (χ1n) is 7.66. The number of nitrogens with zero attached hydrogens (tertiary/aromatic N) is 2. The number of anilines is 1. The molecule has 1 aromatic heterocycles. The molecule has 0 radical (unpaired) electrons. The molecule has 1 heterocycles. The number of amides is 1. The summed E-state index contributed by atoms with van der Waals surface area (Å²) in [6.07, 6.45) is 2.17. The van der Waals surface area contributed by atoms with Crippen LogP contribution in [0.4, 0.5) is 9.52 Å². The molecule has 126 valence electrons. The van der Waals surface area contributed by atoms with Crippen LogP contribution in [0.1, 0.15) is 34.5 Å². The number of carbonyl (C=O) groups excluding carboxylic acids is 2. The summed E-state index contributed by atoms with van der Waals surface area (Å²) in [4.78, 5) is 30.4. The van der Waals surface area contributed by atoms with Crippen LogP contribution >= 0.6 is 11.3 Å². The molecule has 2 aromatic rings. The molecule has 24 heavy (non-hydrogen) atoms. The van der Waals surface area contributed by atoms with Crippen LogP contribution < -0.4 is 4.90 Å². The smallest absolute Gasteiger partial charge is 0.349 e. The molecule has 0 aliphatic heterocycles. The van der Waals surface area contributed by atoms with E-state index in [1.165, 1.54) is 25.4 Å². The second-order valence-electron chi connectivity index (χ2n) is 5.58. The van der Waals surface area contributed by atoms with Crippen LogP contribution in [-0.4, -0.2) is 30.5 Å². The standard InChI is InChI=1S/C17H17FN2O3S/c1-3-20(17-19-9-14(24-17)16(22)23-2)15(21)13-8-12(13)10-4-6-11(18)7-5-10/h4-7,9,12-13H,3,8H2,1-2H3. The Morgan fingerprint density at radius 3 is 2.71 bits per heavy atom. The van der Waals surface area contributed by atoms with E-state index in [1.807, 2.05) is 6.92 Å². The average Bonchev–Trinajstić information content (AvgIpc) is 3.25. The molecular weight excluding hydrogens is 331 g/mol. The van der Waals surface area contributed by atoms with E-state index in [0.29, 0.717) is 16.6 Å². The minimum absolute atomic E-state index is 0.0161. The van der Waals surface area contributed by atoms with Crippen molar-refractivity contribution >= 4 is 28.3 Å². The number of hydrogen-bond donors (Lipinski definition) is 0. The molecular formula is C17H17FN2O3S. The Balaban J connectivity index is 1.72. The first-order valence-corrected chi connectivity index (χ1v) is 8.47. The van der Waals surface area contributed by atoms with Gasteiger partial charge in [-0.25, -0.2) is 14.2 Å². The van der Waals surface area contributed by atoms with Gasteiger partial charge in [0.2, 0.25) is 5.91 Å². The Morgan fingerprint density at radius 1 is 1.38 bits per heavy atom. The van der Waals surface area contributed by atoms with E-state index in [9.17, 15) is 14.0 Å². The Kier molecular flexibility index (Phi) is 4.62. The normalized spacial score (nSPS) is 19.0. The number of carbonyl (C=O) groups is 2. The lowest BCUT2D eigenvalue weighted by molar-refractivity contribution is -0.119. The summed E-state index contributed by atoms with van der Waals surface area (Å²) < 4.78 is 17.7. The van der Waals surface area contributed by atoms with Crippen molar-refractivity contribution in [2.24, 2.45) is 5.92 Å². The number of benzene rings is 1. The molecule has 7 heteroatoms. The molecule has 1 aliphatic rings. The molecule has 0 saturated heterocycles. The lowest BCUT2D eigenvalue weighted by atomic mass is 10.1. The van der Waals surface area contributed by atoms with Gasteiger partial charge in [-0.15, -0.1) is 0 Å². The maximum absolute atomic E-state index is 13.0. The van der Waals surface area contributed by atoms with E-state index >= 15 is 0 Å². The maximum atomic E-state index is 13.0. The van der Waals surface area contributed by atoms with Crippen LogP contribution in [0.25, 0.3) is 0 Å². The highest BCUT2D eigenvalue weighted by molar-refractivity contribution is 7.17. The van der Waals surface area contributed by atoms with Crippen molar-refractivity contribution < 1.29 is 18.7 Å². The first kappa shape index (κ1) is 16.6. The highest BCUT2D eigenvalue weighted by Gasteiger charge is 2.46. The van der Waals surface area contributed by atoms with Gasteiger partial charge in [0.1, 0.15) is 10.7 Å². The molecule has 2 atom stereocenters. The number of halogens is 1. The van der Waals surface area contributed by atoms with E-state index in [1.54, 1.807) is 17.0 Å². The van der Waals surface area contributed by atoms with Gasteiger partial charge >= 0.3 is 5.97 Å². The van der Waals surface area contributed by atoms with Crippen LogP contribution in [0, 0.1) is 11.7 Å². The second-order valence-corrected chi connectivity index (χ2v) is 6.59. The fraction of sp³-hybridized carbons (Fsp3) is 0.353. The maximum Gasteiger partial charge on any atom is 0.349 e. The minimum Gasteiger partial charge on any atom is -0.465 e. The van der Waals surface area contributed by atoms with Gasteiger partial charge in [0.05, 0.1) is 13.3 Å². The number of esters is 1. The van der Waals surface area contributed by atoms with E-state index in [0.717, 1.165) is 23.3 Å². The minimum atomic E-state index is -0.460. The predicted octanol–water partition coefficient (Wildman–Crippen LogP) is 3.23. The summed E-state index contributed by atoms with van der Waals surface area (Å²) in [5.74, 6) is -0.765. The first-order chi connectivity index (χ1) is 11.5.